The van der Waals surface area contributed by atoms with Crippen molar-refractivity contribution in [1.29, 1.82) is 0 Å². The molecule has 1 aliphatic rings. The van der Waals surface area contributed by atoms with Gasteiger partial charge in [0.2, 0.25) is 11.8 Å². The van der Waals surface area contributed by atoms with E-state index in [0.717, 1.165) is 31.5 Å². The van der Waals surface area contributed by atoms with Crippen molar-refractivity contribution in [1.82, 2.24) is 15.5 Å². The largest absolute Gasteiger partial charge is 0.347 e. The summed E-state index contributed by atoms with van der Waals surface area (Å²) in [6.07, 6.45) is 2.54. The van der Waals surface area contributed by atoms with Crippen molar-refractivity contribution >= 4 is 24.2 Å². The Hall–Kier alpha value is -1.59. The lowest BCUT2D eigenvalue weighted by atomic mass is 10.0. The van der Waals surface area contributed by atoms with Crippen LogP contribution in [0.1, 0.15) is 24.8 Å². The molecule has 0 aliphatic carbocycles. The number of hydrogen-bond donors (Lipinski definition) is 2. The van der Waals surface area contributed by atoms with Crippen LogP contribution in [0.3, 0.4) is 0 Å². The van der Waals surface area contributed by atoms with Gasteiger partial charge in [-0.15, -0.1) is 12.4 Å². The molecule has 0 bridgehead atoms. The van der Waals surface area contributed by atoms with Crippen molar-refractivity contribution in [2.24, 2.45) is 5.92 Å². The van der Waals surface area contributed by atoms with E-state index in [1.54, 1.807) is 11.9 Å². The number of rotatable bonds is 7. The van der Waals surface area contributed by atoms with Crippen LogP contribution < -0.4 is 10.6 Å². The Bertz CT molecular complexity index is 490. The van der Waals surface area contributed by atoms with Crippen LogP contribution in [0.25, 0.3) is 0 Å². The molecule has 1 aromatic rings. The Morgan fingerprint density at radius 3 is 2.70 bits per heavy atom. The summed E-state index contributed by atoms with van der Waals surface area (Å²) in [7, 11) is 1.76. The molecule has 1 aromatic carbocycles. The Labute approximate surface area is 144 Å². The molecule has 1 heterocycles. The second-order valence-corrected chi connectivity index (χ2v) is 5.91. The van der Waals surface area contributed by atoms with Gasteiger partial charge < -0.3 is 15.5 Å². The van der Waals surface area contributed by atoms with Gasteiger partial charge in [-0.3, -0.25) is 9.59 Å². The predicted octanol–water partition coefficient (Wildman–Crippen LogP) is 1.57. The summed E-state index contributed by atoms with van der Waals surface area (Å²) in [5.41, 5.74) is 1.08. The van der Waals surface area contributed by atoms with Crippen LogP contribution in [0.15, 0.2) is 30.3 Å². The highest BCUT2D eigenvalue weighted by atomic mass is 35.5. The topological polar surface area (TPSA) is 61.4 Å². The molecule has 0 spiro atoms. The van der Waals surface area contributed by atoms with E-state index in [9.17, 15) is 9.59 Å². The fourth-order valence-corrected chi connectivity index (χ4v) is 2.64. The van der Waals surface area contributed by atoms with Crippen LogP contribution in [-0.2, 0) is 16.1 Å². The molecule has 1 unspecified atom stereocenters. The highest BCUT2D eigenvalue weighted by molar-refractivity contribution is 5.85. The van der Waals surface area contributed by atoms with Crippen molar-refractivity contribution in [2.75, 3.05) is 26.7 Å². The van der Waals surface area contributed by atoms with Gasteiger partial charge >= 0.3 is 0 Å². The average molecular weight is 340 g/mol. The fourth-order valence-electron chi connectivity index (χ4n) is 2.64. The number of halogens is 1. The van der Waals surface area contributed by atoms with Crippen molar-refractivity contribution in [3.63, 3.8) is 0 Å². The second-order valence-electron chi connectivity index (χ2n) is 5.91. The molecule has 5 nitrogen and oxygen atoms in total. The lowest BCUT2D eigenvalue weighted by Crippen LogP contribution is -2.37. The summed E-state index contributed by atoms with van der Waals surface area (Å²) in [6, 6.07) is 9.82. The van der Waals surface area contributed by atoms with E-state index in [1.807, 2.05) is 30.3 Å². The van der Waals surface area contributed by atoms with Crippen molar-refractivity contribution in [3.8, 4) is 0 Å². The number of hydrogen-bond acceptors (Lipinski definition) is 3. The molecule has 1 atom stereocenters. The third-order valence-electron chi connectivity index (χ3n) is 4.07. The van der Waals surface area contributed by atoms with E-state index < -0.39 is 0 Å². The van der Waals surface area contributed by atoms with Gasteiger partial charge in [-0.2, -0.15) is 0 Å². The molecule has 23 heavy (non-hydrogen) atoms. The highest BCUT2D eigenvalue weighted by Gasteiger charge is 2.16. The maximum absolute atomic E-state index is 12.0. The Kier molecular flexibility index (Phi) is 8.66. The first kappa shape index (κ1) is 19.5. The van der Waals surface area contributed by atoms with Crippen molar-refractivity contribution < 1.29 is 9.59 Å². The van der Waals surface area contributed by atoms with Gasteiger partial charge in [-0.25, -0.2) is 0 Å². The average Bonchev–Trinajstić information content (AvgIpc) is 3.05. The van der Waals surface area contributed by atoms with Crippen molar-refractivity contribution in [3.05, 3.63) is 35.9 Å². The summed E-state index contributed by atoms with van der Waals surface area (Å²) in [5, 5.41) is 6.01. The molecule has 2 rings (SSSR count). The van der Waals surface area contributed by atoms with E-state index in [0.29, 0.717) is 18.9 Å². The molecule has 2 N–H and O–H groups in total. The van der Waals surface area contributed by atoms with Gasteiger partial charge in [-0.05, 0) is 37.4 Å². The van der Waals surface area contributed by atoms with Crippen LogP contribution in [-0.4, -0.2) is 43.4 Å². The van der Waals surface area contributed by atoms with Gasteiger partial charge in [0.25, 0.3) is 0 Å². The first-order chi connectivity index (χ1) is 10.6. The SMILES string of the molecule is CN(Cc1ccccc1)C(=O)CNC(=O)CCC1CCNC1.Cl. The smallest absolute Gasteiger partial charge is 0.242 e. The minimum atomic E-state index is -0.0697. The molecule has 6 heteroatoms. The van der Waals surface area contributed by atoms with E-state index in [2.05, 4.69) is 10.6 Å². The minimum absolute atomic E-state index is 0. The van der Waals surface area contributed by atoms with Crippen molar-refractivity contribution in [2.45, 2.75) is 25.8 Å². The Morgan fingerprint density at radius 1 is 1.30 bits per heavy atom. The molecule has 1 saturated heterocycles. The maximum atomic E-state index is 12.0. The number of nitrogens with zero attached hydrogens (tertiary/aromatic N) is 1. The predicted molar refractivity (Wildman–Crippen MR) is 93.4 cm³/mol. The Balaban J connectivity index is 0.00000264. The maximum Gasteiger partial charge on any atom is 0.242 e. The Morgan fingerprint density at radius 2 is 2.04 bits per heavy atom. The summed E-state index contributed by atoms with van der Waals surface area (Å²) < 4.78 is 0. The molecule has 2 amide bonds. The van der Waals surface area contributed by atoms with Crippen LogP contribution in [0.2, 0.25) is 0 Å². The van der Waals surface area contributed by atoms with E-state index in [1.165, 1.54) is 0 Å². The van der Waals surface area contributed by atoms with Crippen LogP contribution in [0.5, 0.6) is 0 Å². The lowest BCUT2D eigenvalue weighted by Gasteiger charge is -2.17. The monoisotopic (exact) mass is 339 g/mol. The third-order valence-corrected chi connectivity index (χ3v) is 4.07. The minimum Gasteiger partial charge on any atom is -0.347 e. The molecule has 1 aliphatic heterocycles. The summed E-state index contributed by atoms with van der Waals surface area (Å²) in [6.45, 7) is 2.69. The van der Waals surface area contributed by atoms with Gasteiger partial charge in [0.05, 0.1) is 6.54 Å². The number of nitrogens with one attached hydrogen (secondary N) is 2. The van der Waals surface area contributed by atoms with Gasteiger partial charge in [0, 0.05) is 20.0 Å². The normalized spacial score (nSPS) is 16.5. The number of benzene rings is 1. The zero-order valence-electron chi connectivity index (χ0n) is 13.6. The number of carbonyl (C=O) groups excluding carboxylic acids is 2. The first-order valence-corrected chi connectivity index (χ1v) is 7.90. The van der Waals surface area contributed by atoms with E-state index in [4.69, 9.17) is 0 Å². The molecular formula is C17H26ClN3O2. The standard InChI is InChI=1S/C17H25N3O2.ClH/c1-20(13-15-5-3-2-4-6-15)17(22)12-19-16(21)8-7-14-9-10-18-11-14;/h2-6,14,18H,7-13H2,1H3,(H,19,21);1H. The van der Waals surface area contributed by atoms with Gasteiger partial charge in [-0.1, -0.05) is 30.3 Å². The quantitative estimate of drug-likeness (QED) is 0.792. The third kappa shape index (κ3) is 7.01. The summed E-state index contributed by atoms with van der Waals surface area (Å²) >= 11 is 0. The van der Waals surface area contributed by atoms with E-state index in [-0.39, 0.29) is 30.8 Å². The van der Waals surface area contributed by atoms with Crippen LogP contribution in [0.4, 0.5) is 0 Å². The molecule has 128 valence electrons. The summed E-state index contributed by atoms with van der Waals surface area (Å²) in [4.78, 5) is 25.4. The van der Waals surface area contributed by atoms with Gasteiger partial charge in [0.15, 0.2) is 0 Å². The first-order valence-electron chi connectivity index (χ1n) is 7.90. The molecule has 0 aromatic heterocycles. The highest BCUT2D eigenvalue weighted by Crippen LogP contribution is 2.13. The van der Waals surface area contributed by atoms with Crippen LogP contribution >= 0.6 is 12.4 Å². The van der Waals surface area contributed by atoms with E-state index >= 15 is 0 Å². The number of amides is 2. The second kappa shape index (κ2) is 10.2. The molecule has 0 radical (unpaired) electrons. The number of likely N-dealkylation sites (N-methyl/N-ethyl adjacent to an activating group) is 1. The zero-order chi connectivity index (χ0) is 15.8. The van der Waals surface area contributed by atoms with Crippen LogP contribution in [0, 0.1) is 5.92 Å². The molecule has 0 saturated carbocycles. The molecular weight excluding hydrogens is 314 g/mol. The lowest BCUT2D eigenvalue weighted by molar-refractivity contribution is -0.132. The number of carbonyl (C=O) groups is 2. The fraction of sp³-hybridized carbons (Fsp3) is 0.529. The summed E-state index contributed by atoms with van der Waals surface area (Å²) in [5.74, 6) is 0.496. The van der Waals surface area contributed by atoms with Gasteiger partial charge in [0.1, 0.15) is 0 Å². The molecule has 1 fully saturated rings. The zero-order valence-corrected chi connectivity index (χ0v) is 14.4.